The predicted molar refractivity (Wildman–Crippen MR) is 95.3 cm³/mol. The molecule has 0 spiro atoms. The standard InChI is InChI=1S/C21H30F2O/c1-3-5-6-7-16-8-10-17(11-9-16)12-13-18-14-15-19(24-4-2)21(23)20(18)22/h3,5,14-17H,4,6-13H2,1-2H3. The van der Waals surface area contributed by atoms with Gasteiger partial charge in [0.25, 0.3) is 0 Å². The molecule has 134 valence electrons. The molecule has 3 heteroatoms. The fraction of sp³-hybridized carbons (Fsp3) is 0.619. The van der Waals surface area contributed by atoms with Crippen LogP contribution < -0.4 is 4.74 Å². The highest BCUT2D eigenvalue weighted by atomic mass is 19.2. The van der Waals surface area contributed by atoms with Crippen LogP contribution in [-0.2, 0) is 6.42 Å². The second-order valence-electron chi connectivity index (χ2n) is 6.86. The number of ether oxygens (including phenoxy) is 1. The first-order valence-corrected chi connectivity index (χ1v) is 9.36. The van der Waals surface area contributed by atoms with Crippen LogP contribution in [0.4, 0.5) is 8.78 Å². The highest BCUT2D eigenvalue weighted by Gasteiger charge is 2.21. The summed E-state index contributed by atoms with van der Waals surface area (Å²) in [5.41, 5.74) is 0.478. The van der Waals surface area contributed by atoms with Crippen molar-refractivity contribution in [3.8, 4) is 5.75 Å². The minimum Gasteiger partial charge on any atom is -0.491 e. The minimum absolute atomic E-state index is 0.0142. The van der Waals surface area contributed by atoms with E-state index in [0.29, 0.717) is 24.5 Å². The van der Waals surface area contributed by atoms with Crippen LogP contribution in [0.25, 0.3) is 0 Å². The van der Waals surface area contributed by atoms with Gasteiger partial charge in [-0.15, -0.1) is 0 Å². The van der Waals surface area contributed by atoms with E-state index in [0.717, 1.165) is 12.3 Å². The first kappa shape index (κ1) is 19.0. The Morgan fingerprint density at radius 2 is 1.71 bits per heavy atom. The zero-order valence-corrected chi connectivity index (χ0v) is 15.0. The summed E-state index contributed by atoms with van der Waals surface area (Å²) >= 11 is 0. The number of rotatable bonds is 8. The van der Waals surface area contributed by atoms with Crippen molar-refractivity contribution in [3.63, 3.8) is 0 Å². The van der Waals surface area contributed by atoms with Crippen molar-refractivity contribution >= 4 is 0 Å². The van der Waals surface area contributed by atoms with E-state index in [2.05, 4.69) is 19.1 Å². The predicted octanol–water partition coefficient (Wildman–Crippen LogP) is 6.46. The molecule has 0 saturated heterocycles. The SMILES string of the molecule is CC=CCCC1CCC(CCc2ccc(OCC)c(F)c2F)CC1. The fourth-order valence-electron chi connectivity index (χ4n) is 3.70. The molecule has 1 aliphatic rings. The smallest absolute Gasteiger partial charge is 0.200 e. The van der Waals surface area contributed by atoms with Gasteiger partial charge >= 0.3 is 0 Å². The maximum atomic E-state index is 14.1. The topological polar surface area (TPSA) is 9.23 Å². The van der Waals surface area contributed by atoms with Gasteiger partial charge in [0.15, 0.2) is 11.6 Å². The Bertz CT molecular complexity index is 531. The van der Waals surface area contributed by atoms with Gasteiger partial charge in [-0.1, -0.05) is 43.9 Å². The van der Waals surface area contributed by atoms with Crippen LogP contribution in [0.1, 0.15) is 64.4 Å². The van der Waals surface area contributed by atoms with Gasteiger partial charge < -0.3 is 4.74 Å². The van der Waals surface area contributed by atoms with Gasteiger partial charge in [0.05, 0.1) is 6.61 Å². The molecule has 1 aliphatic carbocycles. The highest BCUT2D eigenvalue weighted by molar-refractivity contribution is 5.31. The molecular weight excluding hydrogens is 306 g/mol. The van der Waals surface area contributed by atoms with Gasteiger partial charge in [-0.2, -0.15) is 4.39 Å². The van der Waals surface area contributed by atoms with Crippen LogP contribution in [0.5, 0.6) is 5.75 Å². The molecule has 2 rings (SSSR count). The lowest BCUT2D eigenvalue weighted by atomic mass is 9.78. The monoisotopic (exact) mass is 336 g/mol. The third-order valence-corrected chi connectivity index (χ3v) is 5.19. The molecular formula is C21H30F2O. The highest BCUT2D eigenvalue weighted by Crippen LogP contribution is 2.34. The molecule has 1 saturated carbocycles. The Kier molecular flexibility index (Phi) is 7.74. The molecule has 24 heavy (non-hydrogen) atoms. The average molecular weight is 336 g/mol. The molecule has 0 aromatic heterocycles. The number of benzene rings is 1. The van der Waals surface area contributed by atoms with Gasteiger partial charge in [0.1, 0.15) is 0 Å². The van der Waals surface area contributed by atoms with E-state index < -0.39 is 11.6 Å². The Morgan fingerprint density at radius 3 is 2.33 bits per heavy atom. The number of allylic oxidation sites excluding steroid dienone is 2. The van der Waals surface area contributed by atoms with Crippen LogP contribution in [-0.4, -0.2) is 6.61 Å². The molecule has 0 bridgehead atoms. The third kappa shape index (κ3) is 5.32. The molecule has 1 nitrogen and oxygen atoms in total. The summed E-state index contributed by atoms with van der Waals surface area (Å²) in [4.78, 5) is 0. The largest absolute Gasteiger partial charge is 0.491 e. The van der Waals surface area contributed by atoms with Crippen LogP contribution in [0.2, 0.25) is 0 Å². The number of hydrogen-bond donors (Lipinski definition) is 0. The zero-order valence-electron chi connectivity index (χ0n) is 15.0. The van der Waals surface area contributed by atoms with Gasteiger partial charge in [-0.05, 0) is 63.0 Å². The normalized spacial score (nSPS) is 21.3. The van der Waals surface area contributed by atoms with Crippen molar-refractivity contribution in [1.82, 2.24) is 0 Å². The van der Waals surface area contributed by atoms with Crippen LogP contribution in [0, 0.1) is 23.5 Å². The van der Waals surface area contributed by atoms with Crippen LogP contribution in [0.3, 0.4) is 0 Å². The van der Waals surface area contributed by atoms with E-state index >= 15 is 0 Å². The van der Waals surface area contributed by atoms with Crippen LogP contribution in [0.15, 0.2) is 24.3 Å². The lowest BCUT2D eigenvalue weighted by Crippen LogP contribution is -2.15. The minimum atomic E-state index is -0.845. The first-order chi connectivity index (χ1) is 11.7. The average Bonchev–Trinajstić information content (AvgIpc) is 2.60. The Morgan fingerprint density at radius 1 is 1.04 bits per heavy atom. The number of aryl methyl sites for hydroxylation is 1. The van der Waals surface area contributed by atoms with Crippen molar-refractivity contribution in [3.05, 3.63) is 41.5 Å². The maximum absolute atomic E-state index is 14.1. The number of halogens is 2. The van der Waals surface area contributed by atoms with Crippen molar-refractivity contribution in [2.24, 2.45) is 11.8 Å². The van der Waals surface area contributed by atoms with E-state index in [1.807, 2.05) is 0 Å². The molecule has 0 heterocycles. The third-order valence-electron chi connectivity index (χ3n) is 5.19. The van der Waals surface area contributed by atoms with E-state index in [4.69, 9.17) is 4.74 Å². The van der Waals surface area contributed by atoms with Gasteiger partial charge in [0.2, 0.25) is 5.82 Å². The lowest BCUT2D eigenvalue weighted by molar-refractivity contribution is 0.253. The molecule has 1 fully saturated rings. The van der Waals surface area contributed by atoms with Crippen LogP contribution >= 0.6 is 0 Å². The van der Waals surface area contributed by atoms with E-state index in [-0.39, 0.29) is 5.75 Å². The molecule has 0 radical (unpaired) electrons. The van der Waals surface area contributed by atoms with E-state index in [1.54, 1.807) is 19.1 Å². The van der Waals surface area contributed by atoms with Crippen molar-refractivity contribution in [2.75, 3.05) is 6.61 Å². The first-order valence-electron chi connectivity index (χ1n) is 9.36. The summed E-state index contributed by atoms with van der Waals surface area (Å²) < 4.78 is 33.1. The lowest BCUT2D eigenvalue weighted by Gasteiger charge is -2.28. The quantitative estimate of drug-likeness (QED) is 0.495. The molecule has 0 aliphatic heterocycles. The fourth-order valence-corrected chi connectivity index (χ4v) is 3.70. The summed E-state index contributed by atoms with van der Waals surface area (Å²) in [6.07, 6.45) is 13.4. The zero-order chi connectivity index (χ0) is 17.4. The molecule has 0 amide bonds. The summed E-state index contributed by atoms with van der Waals surface area (Å²) in [5.74, 6) is -0.0717. The summed E-state index contributed by atoms with van der Waals surface area (Å²) in [6.45, 7) is 4.17. The van der Waals surface area contributed by atoms with E-state index in [9.17, 15) is 8.78 Å². The van der Waals surface area contributed by atoms with Crippen molar-refractivity contribution in [1.29, 1.82) is 0 Å². The summed E-state index contributed by atoms with van der Waals surface area (Å²) in [5, 5.41) is 0. The number of hydrogen-bond acceptors (Lipinski definition) is 1. The molecule has 1 aromatic rings. The summed E-state index contributed by atoms with van der Waals surface area (Å²) in [6, 6.07) is 3.22. The molecule has 0 unspecified atom stereocenters. The Hall–Kier alpha value is -1.38. The van der Waals surface area contributed by atoms with Crippen molar-refractivity contribution < 1.29 is 13.5 Å². The second kappa shape index (κ2) is 9.80. The Balaban J connectivity index is 1.79. The molecule has 1 aromatic carbocycles. The maximum Gasteiger partial charge on any atom is 0.200 e. The molecule has 0 atom stereocenters. The van der Waals surface area contributed by atoms with Gasteiger partial charge in [0, 0.05) is 0 Å². The van der Waals surface area contributed by atoms with Crippen molar-refractivity contribution in [2.45, 2.75) is 65.2 Å². The van der Waals surface area contributed by atoms with E-state index in [1.165, 1.54) is 38.5 Å². The van der Waals surface area contributed by atoms with Gasteiger partial charge in [-0.25, -0.2) is 4.39 Å². The second-order valence-corrected chi connectivity index (χ2v) is 6.86. The van der Waals surface area contributed by atoms with Gasteiger partial charge in [-0.3, -0.25) is 0 Å². The Labute approximate surface area is 145 Å². The summed E-state index contributed by atoms with van der Waals surface area (Å²) in [7, 11) is 0. The molecule has 0 N–H and O–H groups in total.